The minimum atomic E-state index is -0.570. The molecule has 1 aliphatic heterocycles. The number of carbonyl (C=O) groups is 3. The molecule has 0 unspecified atom stereocenters. The Morgan fingerprint density at radius 2 is 1.82 bits per heavy atom. The van der Waals surface area contributed by atoms with E-state index in [0.717, 1.165) is 16.7 Å². The van der Waals surface area contributed by atoms with Crippen molar-refractivity contribution in [1.82, 2.24) is 0 Å². The molecule has 0 spiro atoms. The van der Waals surface area contributed by atoms with Gasteiger partial charge in [-0.25, -0.2) is 9.69 Å². The first-order valence-corrected chi connectivity index (χ1v) is 10.6. The van der Waals surface area contributed by atoms with Gasteiger partial charge in [0.25, 0.3) is 11.1 Å². The number of thioether (sulfide) groups is 1. The molecule has 8 nitrogen and oxygen atoms in total. The van der Waals surface area contributed by atoms with Gasteiger partial charge in [-0.15, -0.1) is 0 Å². The number of methoxy groups -OCH3 is 2. The first kappa shape index (κ1) is 22.2. The van der Waals surface area contributed by atoms with Gasteiger partial charge in [0.2, 0.25) is 5.76 Å². The molecule has 1 saturated heterocycles. The van der Waals surface area contributed by atoms with Gasteiger partial charge in [-0.1, -0.05) is 24.3 Å². The smallest absolute Gasteiger partial charge is 0.373 e. The molecule has 33 heavy (non-hydrogen) atoms. The van der Waals surface area contributed by atoms with Gasteiger partial charge in [-0.3, -0.25) is 9.59 Å². The van der Waals surface area contributed by atoms with Crippen LogP contribution in [0.15, 0.2) is 70.0 Å². The molecule has 0 radical (unpaired) electrons. The zero-order chi connectivity index (χ0) is 23.4. The van der Waals surface area contributed by atoms with Crippen LogP contribution in [-0.2, 0) is 16.1 Å². The molecular formula is C24H19NO7S. The van der Waals surface area contributed by atoms with Crippen molar-refractivity contribution in [3.8, 4) is 11.5 Å². The monoisotopic (exact) mass is 465 g/mol. The van der Waals surface area contributed by atoms with Crippen molar-refractivity contribution >= 4 is 40.6 Å². The molecule has 3 aromatic rings. The van der Waals surface area contributed by atoms with E-state index in [1.807, 2.05) is 6.07 Å². The molecule has 9 heteroatoms. The van der Waals surface area contributed by atoms with Crippen LogP contribution in [0.1, 0.15) is 21.9 Å². The highest BCUT2D eigenvalue weighted by molar-refractivity contribution is 8.19. The zero-order valence-corrected chi connectivity index (χ0v) is 18.6. The summed E-state index contributed by atoms with van der Waals surface area (Å²) in [7, 11) is 2.77. The summed E-state index contributed by atoms with van der Waals surface area (Å²) in [6, 6.07) is 17.0. The molecule has 2 amide bonds. The fraction of sp³-hybridized carbons (Fsp3) is 0.125. The highest BCUT2D eigenvalue weighted by atomic mass is 32.2. The number of hydrogen-bond acceptors (Lipinski definition) is 8. The maximum Gasteiger partial charge on any atom is 0.373 e. The summed E-state index contributed by atoms with van der Waals surface area (Å²) in [5, 5.41) is -0.353. The predicted octanol–water partition coefficient (Wildman–Crippen LogP) is 4.89. The van der Waals surface area contributed by atoms with Crippen LogP contribution in [0.25, 0.3) is 6.08 Å². The van der Waals surface area contributed by atoms with Gasteiger partial charge < -0.3 is 18.6 Å². The number of para-hydroxylation sites is 1. The third-order valence-corrected chi connectivity index (χ3v) is 5.58. The van der Waals surface area contributed by atoms with E-state index in [1.54, 1.807) is 54.6 Å². The van der Waals surface area contributed by atoms with Crippen molar-refractivity contribution in [2.75, 3.05) is 19.1 Å². The summed E-state index contributed by atoms with van der Waals surface area (Å²) in [5.74, 6) is 0.461. The van der Waals surface area contributed by atoms with Gasteiger partial charge in [-0.2, -0.15) is 0 Å². The van der Waals surface area contributed by atoms with Crippen LogP contribution in [0.5, 0.6) is 11.5 Å². The summed E-state index contributed by atoms with van der Waals surface area (Å²) in [6.07, 6.45) is 1.63. The number of imide groups is 1. The number of anilines is 1. The molecule has 1 aliphatic rings. The molecule has 168 valence electrons. The van der Waals surface area contributed by atoms with Crippen LogP contribution in [-0.4, -0.2) is 31.3 Å². The summed E-state index contributed by atoms with van der Waals surface area (Å²) in [4.78, 5) is 38.1. The average Bonchev–Trinajstić information content (AvgIpc) is 3.42. The van der Waals surface area contributed by atoms with E-state index in [1.165, 1.54) is 20.3 Å². The fourth-order valence-corrected chi connectivity index (χ4v) is 3.97. The summed E-state index contributed by atoms with van der Waals surface area (Å²) in [5.41, 5.74) is 1.20. The minimum Gasteiger partial charge on any atom is -0.493 e. The van der Waals surface area contributed by atoms with Gasteiger partial charge in [0.1, 0.15) is 12.4 Å². The largest absolute Gasteiger partial charge is 0.493 e. The number of amides is 2. The van der Waals surface area contributed by atoms with Gasteiger partial charge in [0, 0.05) is 0 Å². The number of esters is 1. The number of carbonyl (C=O) groups excluding carboxylic acids is 3. The van der Waals surface area contributed by atoms with Crippen LogP contribution < -0.4 is 14.4 Å². The van der Waals surface area contributed by atoms with Gasteiger partial charge in [0.15, 0.2) is 11.5 Å². The minimum absolute atomic E-state index is 0.0721. The Labute approximate surface area is 193 Å². The maximum atomic E-state index is 12.8. The van der Waals surface area contributed by atoms with Crippen LogP contribution in [0, 0.1) is 0 Å². The highest BCUT2D eigenvalue weighted by Crippen LogP contribution is 2.37. The number of benzene rings is 2. The van der Waals surface area contributed by atoms with E-state index in [-0.39, 0.29) is 23.5 Å². The van der Waals surface area contributed by atoms with Crippen molar-refractivity contribution in [3.63, 3.8) is 0 Å². The van der Waals surface area contributed by atoms with E-state index >= 15 is 0 Å². The summed E-state index contributed by atoms with van der Waals surface area (Å²) >= 11 is 0.879. The molecule has 0 saturated carbocycles. The van der Waals surface area contributed by atoms with Gasteiger partial charge >= 0.3 is 5.97 Å². The second-order valence-corrected chi connectivity index (χ2v) is 7.80. The molecule has 1 aromatic heterocycles. The van der Waals surface area contributed by atoms with E-state index in [0.29, 0.717) is 33.4 Å². The predicted molar refractivity (Wildman–Crippen MR) is 122 cm³/mol. The number of furan rings is 1. The van der Waals surface area contributed by atoms with E-state index in [4.69, 9.17) is 13.9 Å². The van der Waals surface area contributed by atoms with Crippen LogP contribution in [0.3, 0.4) is 0 Å². The molecule has 0 aliphatic carbocycles. The first-order valence-electron chi connectivity index (χ1n) is 9.81. The van der Waals surface area contributed by atoms with E-state index in [9.17, 15) is 14.4 Å². The van der Waals surface area contributed by atoms with Crippen LogP contribution in [0.4, 0.5) is 10.5 Å². The lowest BCUT2D eigenvalue weighted by Gasteiger charge is -2.12. The standard InChI is InChI=1S/C24H19NO7S/c1-29-20-12-15(8-10-18(20)31-14-17-9-11-19(32-17)23(27)30-2)13-21-22(26)25(24(28)33-21)16-6-4-3-5-7-16/h3-13H,14H2,1-2H3. The van der Waals surface area contributed by atoms with Crippen LogP contribution >= 0.6 is 11.8 Å². The number of hydrogen-bond donors (Lipinski definition) is 0. The van der Waals surface area contributed by atoms with Crippen molar-refractivity contribution in [3.05, 3.63) is 82.7 Å². The average molecular weight is 465 g/mol. The third-order valence-electron chi connectivity index (χ3n) is 4.71. The Morgan fingerprint density at radius 3 is 2.55 bits per heavy atom. The quantitative estimate of drug-likeness (QED) is 0.359. The Kier molecular flexibility index (Phi) is 6.50. The SMILES string of the molecule is COC(=O)c1ccc(COc2ccc(C=C3SC(=O)N(c4ccccc4)C3=O)cc2OC)o1. The normalized spacial score (nSPS) is 14.6. The molecular weight excluding hydrogens is 446 g/mol. The third kappa shape index (κ3) is 4.78. The molecule has 0 bridgehead atoms. The molecule has 4 rings (SSSR count). The lowest BCUT2D eigenvalue weighted by atomic mass is 10.2. The van der Waals surface area contributed by atoms with E-state index < -0.39 is 5.97 Å². The summed E-state index contributed by atoms with van der Waals surface area (Å²) < 4.78 is 21.2. The number of ether oxygens (including phenoxy) is 3. The lowest BCUT2D eigenvalue weighted by molar-refractivity contribution is -0.113. The molecule has 0 atom stereocenters. The Morgan fingerprint density at radius 1 is 1.03 bits per heavy atom. The topological polar surface area (TPSA) is 95.3 Å². The van der Waals surface area contributed by atoms with Crippen molar-refractivity contribution < 1.29 is 33.0 Å². The van der Waals surface area contributed by atoms with Gasteiger partial charge in [-0.05, 0) is 59.8 Å². The number of nitrogens with zero attached hydrogens (tertiary/aromatic N) is 1. The maximum absolute atomic E-state index is 12.8. The first-order chi connectivity index (χ1) is 16.0. The summed E-state index contributed by atoms with van der Waals surface area (Å²) in [6.45, 7) is 0.0721. The highest BCUT2D eigenvalue weighted by Gasteiger charge is 2.36. The van der Waals surface area contributed by atoms with Crippen molar-refractivity contribution in [1.29, 1.82) is 0 Å². The molecule has 0 N–H and O–H groups in total. The van der Waals surface area contributed by atoms with E-state index in [2.05, 4.69) is 4.74 Å². The van der Waals surface area contributed by atoms with Crippen LogP contribution in [0.2, 0.25) is 0 Å². The molecule has 2 aromatic carbocycles. The Balaban J connectivity index is 1.49. The second-order valence-electron chi connectivity index (χ2n) is 6.81. The van der Waals surface area contributed by atoms with Gasteiger partial charge in [0.05, 0.1) is 24.8 Å². The fourth-order valence-electron chi connectivity index (χ4n) is 3.13. The molecule has 2 heterocycles. The lowest BCUT2D eigenvalue weighted by Crippen LogP contribution is -2.27. The van der Waals surface area contributed by atoms with Crippen molar-refractivity contribution in [2.45, 2.75) is 6.61 Å². The Hall–Kier alpha value is -3.98. The zero-order valence-electron chi connectivity index (χ0n) is 17.8. The molecule has 1 fully saturated rings. The second kappa shape index (κ2) is 9.66. The number of rotatable bonds is 7. The van der Waals surface area contributed by atoms with Crippen molar-refractivity contribution in [2.24, 2.45) is 0 Å². The Bertz CT molecular complexity index is 1230.